The molecule has 0 aliphatic heterocycles. The van der Waals surface area contributed by atoms with E-state index in [2.05, 4.69) is 38.1 Å². The molecular weight excluding hydrogens is 384 g/mol. The van der Waals surface area contributed by atoms with Crippen LogP contribution in [0, 0.1) is 29.6 Å². The van der Waals surface area contributed by atoms with Gasteiger partial charge in [-0.25, -0.2) is 0 Å². The minimum atomic E-state index is 0.837. The van der Waals surface area contributed by atoms with Gasteiger partial charge in [0.1, 0.15) is 0 Å². The summed E-state index contributed by atoms with van der Waals surface area (Å²) in [6.07, 6.45) is 26.5. The zero-order valence-corrected chi connectivity index (χ0v) is 21.5. The first kappa shape index (κ1) is 24.3. The predicted molar refractivity (Wildman–Crippen MR) is 140 cm³/mol. The second kappa shape index (κ2) is 12.6. The summed E-state index contributed by atoms with van der Waals surface area (Å²) in [6.45, 7) is 4.71. The fourth-order valence-electron chi connectivity index (χ4n) is 7.62. The number of hydrogen-bond acceptors (Lipinski definition) is 0. The second-order valence-corrected chi connectivity index (χ2v) is 12.1. The molecule has 0 N–H and O–H groups in total. The fourth-order valence-corrected chi connectivity index (χ4v) is 7.62. The van der Waals surface area contributed by atoms with Crippen LogP contribution in [0.3, 0.4) is 0 Å². The maximum atomic E-state index is 2.47. The molecule has 1 aromatic carbocycles. The van der Waals surface area contributed by atoms with E-state index >= 15 is 0 Å². The van der Waals surface area contributed by atoms with Gasteiger partial charge in [0.25, 0.3) is 0 Å². The van der Waals surface area contributed by atoms with E-state index in [-0.39, 0.29) is 0 Å². The third kappa shape index (κ3) is 6.87. The highest BCUT2D eigenvalue weighted by Gasteiger charge is 2.30. The molecule has 0 nitrogen and oxygen atoms in total. The maximum absolute atomic E-state index is 2.47. The van der Waals surface area contributed by atoms with Crippen LogP contribution in [0.1, 0.15) is 140 Å². The molecule has 0 amide bonds. The van der Waals surface area contributed by atoms with Crippen LogP contribution in [-0.2, 0) is 6.42 Å². The van der Waals surface area contributed by atoms with Crippen molar-refractivity contribution in [2.24, 2.45) is 29.6 Å². The molecule has 0 heteroatoms. The highest BCUT2D eigenvalue weighted by Crippen LogP contribution is 2.43. The van der Waals surface area contributed by atoms with Gasteiger partial charge in [-0.1, -0.05) is 89.5 Å². The lowest BCUT2D eigenvalue weighted by molar-refractivity contribution is 0.140. The van der Waals surface area contributed by atoms with E-state index in [4.69, 9.17) is 0 Å². The summed E-state index contributed by atoms with van der Waals surface area (Å²) in [6, 6.07) is 9.87. The van der Waals surface area contributed by atoms with Crippen molar-refractivity contribution in [3.8, 4) is 0 Å². The van der Waals surface area contributed by atoms with Crippen LogP contribution in [0.25, 0.3) is 0 Å². The Morgan fingerprint density at radius 1 is 0.594 bits per heavy atom. The Labute approximate surface area is 200 Å². The van der Waals surface area contributed by atoms with Crippen LogP contribution in [0.4, 0.5) is 0 Å². The third-order valence-corrected chi connectivity index (χ3v) is 10.1. The number of hydrogen-bond donors (Lipinski definition) is 0. The molecule has 0 radical (unpaired) electrons. The van der Waals surface area contributed by atoms with Crippen LogP contribution >= 0.6 is 0 Å². The number of unbranched alkanes of at least 4 members (excludes halogenated alkanes) is 1. The van der Waals surface area contributed by atoms with Gasteiger partial charge < -0.3 is 0 Å². The Bertz CT molecular complexity index is 619. The van der Waals surface area contributed by atoms with Crippen molar-refractivity contribution in [3.63, 3.8) is 0 Å². The Kier molecular flexibility index (Phi) is 9.60. The molecule has 0 heterocycles. The van der Waals surface area contributed by atoms with Gasteiger partial charge in [0, 0.05) is 0 Å². The smallest absolute Gasteiger partial charge is 0.0162 e. The molecule has 0 atom stereocenters. The summed E-state index contributed by atoms with van der Waals surface area (Å²) in [5.74, 6) is 6.05. The molecule has 4 rings (SSSR count). The van der Waals surface area contributed by atoms with E-state index in [0.717, 1.165) is 35.5 Å². The molecular formula is C32H52. The lowest BCUT2D eigenvalue weighted by Crippen LogP contribution is -2.26. The summed E-state index contributed by atoms with van der Waals surface area (Å²) in [4.78, 5) is 0. The van der Waals surface area contributed by atoms with Crippen LogP contribution < -0.4 is 0 Å². The second-order valence-electron chi connectivity index (χ2n) is 12.1. The average Bonchev–Trinajstić information content (AvgIpc) is 2.87. The van der Waals surface area contributed by atoms with Crippen LogP contribution in [0.5, 0.6) is 0 Å². The zero-order chi connectivity index (χ0) is 22.2. The molecule has 0 aromatic heterocycles. The molecule has 3 aliphatic carbocycles. The SMILES string of the molecule is CCCC[C@H]1CC[C@H]([C@H]2CC[C@H](CCc3ccc([C@H]4CC[C@H](CC)CC4)cc3)CC2)CC1. The van der Waals surface area contributed by atoms with Crippen molar-refractivity contribution in [1.82, 2.24) is 0 Å². The maximum Gasteiger partial charge on any atom is -0.0162 e. The van der Waals surface area contributed by atoms with E-state index in [9.17, 15) is 0 Å². The third-order valence-electron chi connectivity index (χ3n) is 10.1. The summed E-state index contributed by atoms with van der Waals surface area (Å²) >= 11 is 0. The van der Waals surface area contributed by atoms with Crippen LogP contribution in [0.2, 0.25) is 0 Å². The molecule has 32 heavy (non-hydrogen) atoms. The fraction of sp³-hybridized carbons (Fsp3) is 0.812. The van der Waals surface area contributed by atoms with Crippen molar-refractivity contribution >= 4 is 0 Å². The van der Waals surface area contributed by atoms with Gasteiger partial charge in [0.15, 0.2) is 0 Å². The van der Waals surface area contributed by atoms with E-state index in [1.807, 2.05) is 0 Å². The Morgan fingerprint density at radius 2 is 1.12 bits per heavy atom. The first-order valence-electron chi connectivity index (χ1n) is 14.8. The van der Waals surface area contributed by atoms with E-state index in [1.165, 1.54) is 89.9 Å². The van der Waals surface area contributed by atoms with Gasteiger partial charge in [0.05, 0.1) is 0 Å². The predicted octanol–water partition coefficient (Wildman–Crippen LogP) is 10.1. The van der Waals surface area contributed by atoms with E-state index in [1.54, 1.807) is 36.8 Å². The Morgan fingerprint density at radius 3 is 1.66 bits per heavy atom. The molecule has 3 saturated carbocycles. The molecule has 1 aromatic rings. The zero-order valence-electron chi connectivity index (χ0n) is 21.5. The van der Waals surface area contributed by atoms with Crippen molar-refractivity contribution in [1.29, 1.82) is 0 Å². The summed E-state index contributed by atoms with van der Waals surface area (Å²) < 4.78 is 0. The molecule has 3 fully saturated rings. The van der Waals surface area contributed by atoms with Crippen LogP contribution in [-0.4, -0.2) is 0 Å². The van der Waals surface area contributed by atoms with Crippen molar-refractivity contribution in [3.05, 3.63) is 35.4 Å². The van der Waals surface area contributed by atoms with Gasteiger partial charge in [-0.05, 0) is 111 Å². The van der Waals surface area contributed by atoms with Gasteiger partial charge in [-0.2, -0.15) is 0 Å². The molecule has 180 valence electrons. The molecule has 0 saturated heterocycles. The normalized spacial score (nSPS) is 33.8. The number of aryl methyl sites for hydroxylation is 1. The monoisotopic (exact) mass is 436 g/mol. The van der Waals surface area contributed by atoms with Gasteiger partial charge in [0.2, 0.25) is 0 Å². The largest absolute Gasteiger partial charge is 0.0654 e. The minimum Gasteiger partial charge on any atom is -0.0654 e. The summed E-state index contributed by atoms with van der Waals surface area (Å²) in [5, 5.41) is 0. The lowest BCUT2D eigenvalue weighted by atomic mass is 9.68. The molecule has 0 unspecified atom stereocenters. The van der Waals surface area contributed by atoms with E-state index in [0.29, 0.717) is 0 Å². The first-order valence-corrected chi connectivity index (χ1v) is 14.8. The first-order chi connectivity index (χ1) is 15.7. The van der Waals surface area contributed by atoms with Gasteiger partial charge in [-0.15, -0.1) is 0 Å². The van der Waals surface area contributed by atoms with Gasteiger partial charge >= 0.3 is 0 Å². The van der Waals surface area contributed by atoms with Crippen molar-refractivity contribution < 1.29 is 0 Å². The Balaban J connectivity index is 1.13. The quantitative estimate of drug-likeness (QED) is 0.361. The lowest BCUT2D eigenvalue weighted by Gasteiger charge is -2.38. The van der Waals surface area contributed by atoms with E-state index < -0.39 is 0 Å². The standard InChI is InChI=1S/C32H52/c1-3-5-6-26-11-19-30(20-12-26)32-23-15-28(16-24-32)8-7-27-13-21-31(22-14-27)29-17-9-25(4-2)10-18-29/h13-14,21-22,25-26,28-30,32H,3-12,15-20,23-24H2,1-2H3/t25-,26-,28-,29-,30-,32-. The van der Waals surface area contributed by atoms with Crippen molar-refractivity contribution in [2.45, 2.75) is 135 Å². The number of benzene rings is 1. The topological polar surface area (TPSA) is 0 Å². The van der Waals surface area contributed by atoms with Gasteiger partial charge in [-0.3, -0.25) is 0 Å². The molecule has 3 aliphatic rings. The average molecular weight is 437 g/mol. The molecule has 0 bridgehead atoms. The van der Waals surface area contributed by atoms with Crippen LogP contribution in [0.15, 0.2) is 24.3 Å². The number of rotatable bonds is 9. The summed E-state index contributed by atoms with van der Waals surface area (Å²) in [7, 11) is 0. The van der Waals surface area contributed by atoms with Crippen molar-refractivity contribution in [2.75, 3.05) is 0 Å². The Hall–Kier alpha value is -0.780. The summed E-state index contributed by atoms with van der Waals surface area (Å²) in [5.41, 5.74) is 3.21. The minimum absolute atomic E-state index is 0.837. The highest BCUT2D eigenvalue weighted by atomic mass is 14.4. The molecule has 0 spiro atoms. The highest BCUT2D eigenvalue weighted by molar-refractivity contribution is 5.26.